The molecule has 0 radical (unpaired) electrons. The summed E-state index contributed by atoms with van der Waals surface area (Å²) < 4.78 is 14.3. The Morgan fingerprint density at radius 3 is 2.75 bits per heavy atom. The second kappa shape index (κ2) is 7.25. The van der Waals surface area contributed by atoms with Gasteiger partial charge >= 0.3 is 0 Å². The van der Waals surface area contributed by atoms with Gasteiger partial charge < -0.3 is 0 Å². The summed E-state index contributed by atoms with van der Waals surface area (Å²) in [5, 5.41) is 0.640. The van der Waals surface area contributed by atoms with Crippen LogP contribution in [0.4, 0.5) is 4.39 Å². The Kier molecular flexibility index (Phi) is 5.64. The van der Waals surface area contributed by atoms with E-state index in [1.165, 1.54) is 17.8 Å². The van der Waals surface area contributed by atoms with Crippen molar-refractivity contribution in [3.05, 3.63) is 63.3 Å². The highest BCUT2D eigenvalue weighted by molar-refractivity contribution is 9.10. The van der Waals surface area contributed by atoms with E-state index >= 15 is 0 Å². The molecule has 0 aliphatic carbocycles. The monoisotopic (exact) mass is 372 g/mol. The van der Waals surface area contributed by atoms with Gasteiger partial charge in [-0.1, -0.05) is 39.7 Å². The van der Waals surface area contributed by atoms with Crippen molar-refractivity contribution in [1.82, 2.24) is 0 Å². The van der Waals surface area contributed by atoms with Crippen molar-refractivity contribution in [2.45, 2.75) is 11.3 Å². The summed E-state index contributed by atoms with van der Waals surface area (Å²) in [6, 6.07) is 12.0. The third-order valence-corrected chi connectivity index (χ3v) is 4.38. The summed E-state index contributed by atoms with van der Waals surface area (Å²) in [6.45, 7) is 0. The highest BCUT2D eigenvalue weighted by atomic mass is 79.9. The van der Waals surface area contributed by atoms with Gasteiger partial charge in [-0.3, -0.25) is 4.79 Å². The van der Waals surface area contributed by atoms with E-state index in [4.69, 9.17) is 11.6 Å². The lowest BCUT2D eigenvalue weighted by atomic mass is 10.1. The maximum Gasteiger partial charge on any atom is 0.147 e. The van der Waals surface area contributed by atoms with Crippen LogP contribution in [-0.4, -0.2) is 11.5 Å². The summed E-state index contributed by atoms with van der Waals surface area (Å²) in [4.78, 5) is 12.8. The number of halogens is 3. The maximum atomic E-state index is 13.6. The Hall–Kier alpha value is -0.840. The normalized spacial score (nSPS) is 10.6. The summed E-state index contributed by atoms with van der Waals surface area (Å²) in [7, 11) is 0. The van der Waals surface area contributed by atoms with Crippen LogP contribution in [0.1, 0.15) is 5.56 Å². The minimum Gasteiger partial charge on any atom is -0.298 e. The first-order chi connectivity index (χ1) is 9.54. The molecule has 104 valence electrons. The predicted octanol–water partition coefficient (Wildman–Crippen LogP) is 5.15. The molecule has 20 heavy (non-hydrogen) atoms. The van der Waals surface area contributed by atoms with Gasteiger partial charge in [0, 0.05) is 20.8 Å². The van der Waals surface area contributed by atoms with Gasteiger partial charge in [0.2, 0.25) is 0 Å². The Balaban J connectivity index is 1.92. The first-order valence-electron chi connectivity index (χ1n) is 5.88. The summed E-state index contributed by atoms with van der Waals surface area (Å²) in [6.07, 6.45) is 0.104. The largest absolute Gasteiger partial charge is 0.298 e. The molecule has 0 saturated heterocycles. The molecule has 0 spiro atoms. The molecule has 0 bridgehead atoms. The van der Waals surface area contributed by atoms with Gasteiger partial charge in [-0.2, -0.15) is 0 Å². The van der Waals surface area contributed by atoms with Crippen LogP contribution in [0.15, 0.2) is 51.8 Å². The zero-order valence-corrected chi connectivity index (χ0v) is 13.6. The first kappa shape index (κ1) is 15.5. The molecule has 0 aliphatic rings. The van der Waals surface area contributed by atoms with Gasteiger partial charge in [0.1, 0.15) is 11.6 Å². The molecular weight excluding hydrogens is 363 g/mol. The molecule has 0 amide bonds. The summed E-state index contributed by atoms with van der Waals surface area (Å²) >= 11 is 10.5. The fourth-order valence-corrected chi connectivity index (χ4v) is 3.05. The van der Waals surface area contributed by atoms with Gasteiger partial charge in [0.25, 0.3) is 0 Å². The molecule has 0 atom stereocenters. The summed E-state index contributed by atoms with van der Waals surface area (Å²) in [5.74, 6) is -0.0766. The Morgan fingerprint density at radius 1 is 1.25 bits per heavy atom. The van der Waals surface area contributed by atoms with Crippen LogP contribution in [0.25, 0.3) is 0 Å². The van der Waals surface area contributed by atoms with E-state index in [1.54, 1.807) is 24.3 Å². The van der Waals surface area contributed by atoms with Crippen molar-refractivity contribution in [3.63, 3.8) is 0 Å². The smallest absolute Gasteiger partial charge is 0.147 e. The lowest BCUT2D eigenvalue weighted by molar-refractivity contribution is -0.116. The quantitative estimate of drug-likeness (QED) is 0.675. The molecule has 1 nitrogen and oxygen atoms in total. The zero-order chi connectivity index (χ0) is 14.5. The Morgan fingerprint density at radius 2 is 2.05 bits per heavy atom. The average Bonchev–Trinajstić information content (AvgIpc) is 2.40. The molecule has 0 N–H and O–H groups in total. The lowest BCUT2D eigenvalue weighted by Crippen LogP contribution is -2.07. The molecule has 0 saturated carbocycles. The van der Waals surface area contributed by atoms with E-state index in [0.717, 1.165) is 4.90 Å². The van der Waals surface area contributed by atoms with Crippen molar-refractivity contribution in [2.24, 2.45) is 0 Å². The second-order valence-corrected chi connectivity index (χ2v) is 6.60. The average molecular weight is 374 g/mol. The highest BCUT2D eigenvalue weighted by Gasteiger charge is 2.09. The Labute approximate surface area is 134 Å². The van der Waals surface area contributed by atoms with Gasteiger partial charge in [-0.15, -0.1) is 11.8 Å². The minimum absolute atomic E-state index is 0.0174. The second-order valence-electron chi connectivity index (χ2n) is 4.20. The fraction of sp³-hybridized carbons (Fsp3) is 0.133. The number of carbonyl (C=O) groups is 1. The number of ketones is 1. The number of rotatable bonds is 5. The van der Waals surface area contributed by atoms with Gasteiger partial charge in [0.15, 0.2) is 0 Å². The predicted molar refractivity (Wildman–Crippen MR) is 85.0 cm³/mol. The topological polar surface area (TPSA) is 17.1 Å². The molecule has 2 aromatic rings. The highest BCUT2D eigenvalue weighted by Crippen LogP contribution is 2.22. The van der Waals surface area contributed by atoms with E-state index < -0.39 is 0 Å². The molecule has 0 unspecified atom stereocenters. The van der Waals surface area contributed by atoms with Crippen molar-refractivity contribution in [3.8, 4) is 0 Å². The number of benzene rings is 2. The van der Waals surface area contributed by atoms with Gasteiger partial charge in [-0.05, 0) is 35.9 Å². The van der Waals surface area contributed by atoms with Crippen LogP contribution >= 0.6 is 39.3 Å². The van der Waals surface area contributed by atoms with E-state index in [2.05, 4.69) is 15.9 Å². The number of thioether (sulfide) groups is 1. The molecule has 2 rings (SSSR count). The van der Waals surface area contributed by atoms with Gasteiger partial charge in [-0.25, -0.2) is 4.39 Å². The van der Waals surface area contributed by atoms with Gasteiger partial charge in [0.05, 0.1) is 5.75 Å². The van der Waals surface area contributed by atoms with Crippen LogP contribution in [0.2, 0.25) is 5.02 Å². The van der Waals surface area contributed by atoms with Crippen LogP contribution in [0.5, 0.6) is 0 Å². The van der Waals surface area contributed by atoms with Crippen LogP contribution in [-0.2, 0) is 11.2 Å². The zero-order valence-electron chi connectivity index (χ0n) is 10.4. The van der Waals surface area contributed by atoms with E-state index in [1.807, 2.05) is 12.1 Å². The fourth-order valence-electron chi connectivity index (χ4n) is 1.65. The molecule has 0 aliphatic heterocycles. The molecular formula is C15H11BrClFOS. The molecule has 0 fully saturated rings. The SMILES string of the molecule is O=C(CSc1cccc(Cl)c1)Cc1ccc(Br)cc1F. The molecule has 0 heterocycles. The van der Waals surface area contributed by atoms with Crippen molar-refractivity contribution < 1.29 is 9.18 Å². The van der Waals surface area contributed by atoms with E-state index in [9.17, 15) is 9.18 Å². The molecule has 0 aromatic heterocycles. The third-order valence-electron chi connectivity index (χ3n) is 2.60. The molecule has 5 heteroatoms. The minimum atomic E-state index is -0.361. The standard InChI is InChI=1S/C15H11BrClFOS/c16-11-5-4-10(15(18)7-11)6-13(19)9-20-14-3-1-2-12(17)8-14/h1-5,7-8H,6,9H2. The summed E-state index contributed by atoms with van der Waals surface area (Å²) in [5.41, 5.74) is 0.421. The number of hydrogen-bond donors (Lipinski definition) is 0. The first-order valence-corrected chi connectivity index (χ1v) is 8.04. The van der Waals surface area contributed by atoms with Crippen molar-refractivity contribution >= 4 is 45.1 Å². The number of Topliss-reactive ketones (excluding diaryl/α,β-unsaturated/α-hetero) is 1. The third kappa shape index (κ3) is 4.62. The maximum absolute atomic E-state index is 13.6. The number of carbonyl (C=O) groups excluding carboxylic acids is 1. The van der Waals surface area contributed by atoms with Crippen LogP contribution < -0.4 is 0 Å². The van der Waals surface area contributed by atoms with E-state index in [-0.39, 0.29) is 18.0 Å². The van der Waals surface area contributed by atoms with Crippen LogP contribution in [0, 0.1) is 5.82 Å². The van der Waals surface area contributed by atoms with Crippen LogP contribution in [0.3, 0.4) is 0 Å². The van der Waals surface area contributed by atoms with Crippen molar-refractivity contribution in [2.75, 3.05) is 5.75 Å². The van der Waals surface area contributed by atoms with E-state index in [0.29, 0.717) is 20.8 Å². The Bertz CT molecular complexity index is 633. The van der Waals surface area contributed by atoms with Crippen molar-refractivity contribution in [1.29, 1.82) is 0 Å². The molecule has 2 aromatic carbocycles. The number of hydrogen-bond acceptors (Lipinski definition) is 2. The lowest BCUT2D eigenvalue weighted by Gasteiger charge is -2.04.